The van der Waals surface area contributed by atoms with Gasteiger partial charge in [0.2, 0.25) is 11.8 Å². The van der Waals surface area contributed by atoms with Gasteiger partial charge in [0.25, 0.3) is 0 Å². The predicted molar refractivity (Wildman–Crippen MR) is 85.8 cm³/mol. The minimum absolute atomic E-state index is 0.0474. The van der Waals surface area contributed by atoms with Crippen LogP contribution in [0.15, 0.2) is 48.5 Å². The molecule has 0 bridgehead atoms. The largest absolute Gasteiger partial charge is 0.436 e. The summed E-state index contributed by atoms with van der Waals surface area (Å²) in [6, 6.07) is 15.3. The second-order valence-corrected chi connectivity index (χ2v) is 6.11. The number of likely N-dealkylation sites (tertiary alicyclic amines) is 1. The predicted octanol–water partition coefficient (Wildman–Crippen LogP) is 3.29. The normalized spacial score (nSPS) is 19.4. The van der Waals surface area contributed by atoms with Crippen LogP contribution in [0.5, 0.6) is 0 Å². The van der Waals surface area contributed by atoms with Gasteiger partial charge in [-0.25, -0.2) is 4.79 Å². The number of benzene rings is 2. The van der Waals surface area contributed by atoms with E-state index in [-0.39, 0.29) is 6.42 Å². The molecule has 1 aliphatic heterocycles. The molecular formula is C19H15NO4. The van der Waals surface area contributed by atoms with Crippen LogP contribution in [0.2, 0.25) is 0 Å². The van der Waals surface area contributed by atoms with Crippen LogP contribution in [0.4, 0.5) is 4.79 Å². The third-order valence-corrected chi connectivity index (χ3v) is 4.55. The summed E-state index contributed by atoms with van der Waals surface area (Å²) < 4.78 is 5.58. The van der Waals surface area contributed by atoms with Crippen LogP contribution in [-0.2, 0) is 14.3 Å². The number of carbonyl (C=O) groups is 3. The van der Waals surface area contributed by atoms with Crippen LogP contribution >= 0.6 is 0 Å². The average Bonchev–Trinajstić information content (AvgIpc) is 3.03. The van der Waals surface area contributed by atoms with Crippen molar-refractivity contribution >= 4 is 17.9 Å². The minimum atomic E-state index is -0.897. The molecule has 0 aromatic heterocycles. The molecule has 4 rings (SSSR count). The Hall–Kier alpha value is -2.95. The van der Waals surface area contributed by atoms with Crippen LogP contribution < -0.4 is 0 Å². The first kappa shape index (κ1) is 14.6. The third-order valence-electron chi connectivity index (χ3n) is 4.55. The molecular weight excluding hydrogens is 306 g/mol. The summed E-state index contributed by atoms with van der Waals surface area (Å²) in [5, 5.41) is 0. The van der Waals surface area contributed by atoms with E-state index in [1.807, 2.05) is 48.5 Å². The summed E-state index contributed by atoms with van der Waals surface area (Å²) in [5.41, 5.74) is 3.72. The molecule has 1 unspecified atom stereocenters. The lowest BCUT2D eigenvalue weighted by Crippen LogP contribution is -2.37. The first-order chi connectivity index (χ1) is 11.6. The van der Waals surface area contributed by atoms with Gasteiger partial charge in [-0.2, -0.15) is 4.90 Å². The number of imide groups is 3. The highest BCUT2D eigenvalue weighted by atomic mass is 16.6. The van der Waals surface area contributed by atoms with Crippen molar-refractivity contribution in [3.05, 3.63) is 59.7 Å². The van der Waals surface area contributed by atoms with Gasteiger partial charge < -0.3 is 4.74 Å². The van der Waals surface area contributed by atoms with E-state index < -0.39 is 29.9 Å². The monoisotopic (exact) mass is 321 g/mol. The van der Waals surface area contributed by atoms with Crippen molar-refractivity contribution in [1.29, 1.82) is 0 Å². The van der Waals surface area contributed by atoms with E-state index in [0.717, 1.165) is 22.3 Å². The lowest BCUT2D eigenvalue weighted by atomic mass is 10.1. The number of nitrogens with zero attached hydrogens (tertiary/aromatic N) is 1. The Morgan fingerprint density at radius 3 is 2.04 bits per heavy atom. The second kappa shape index (κ2) is 5.30. The van der Waals surface area contributed by atoms with Crippen molar-refractivity contribution in [1.82, 2.24) is 4.90 Å². The van der Waals surface area contributed by atoms with Crippen LogP contribution in [0.3, 0.4) is 0 Å². The quantitative estimate of drug-likeness (QED) is 0.756. The Kier molecular flexibility index (Phi) is 3.23. The molecule has 1 aliphatic carbocycles. The van der Waals surface area contributed by atoms with Crippen molar-refractivity contribution < 1.29 is 19.1 Å². The molecule has 0 saturated carbocycles. The smallest absolute Gasteiger partial charge is 0.424 e. The fraction of sp³-hybridized carbons (Fsp3) is 0.211. The van der Waals surface area contributed by atoms with E-state index in [4.69, 9.17) is 4.74 Å². The van der Waals surface area contributed by atoms with Gasteiger partial charge in [-0.15, -0.1) is 0 Å². The molecule has 1 saturated heterocycles. The van der Waals surface area contributed by atoms with Crippen LogP contribution in [0.25, 0.3) is 11.1 Å². The molecule has 2 aromatic rings. The minimum Gasteiger partial charge on any atom is -0.436 e. The molecule has 5 heteroatoms. The number of fused-ring (bicyclic) bond motifs is 3. The van der Waals surface area contributed by atoms with Crippen molar-refractivity contribution in [2.24, 2.45) is 5.92 Å². The van der Waals surface area contributed by atoms with Gasteiger partial charge in [-0.05, 0) is 11.1 Å². The first-order valence-corrected chi connectivity index (χ1v) is 7.83. The maximum atomic E-state index is 12.4. The molecule has 1 fully saturated rings. The van der Waals surface area contributed by atoms with Gasteiger partial charge in [0.05, 0.1) is 0 Å². The molecule has 2 aromatic carbocycles. The Morgan fingerprint density at radius 2 is 1.54 bits per heavy atom. The highest BCUT2D eigenvalue weighted by molar-refractivity contribution is 6.14. The second-order valence-electron chi connectivity index (χ2n) is 6.11. The Morgan fingerprint density at radius 1 is 1.00 bits per heavy atom. The summed E-state index contributed by atoms with van der Waals surface area (Å²) in [5.74, 6) is -1.48. The summed E-state index contributed by atoms with van der Waals surface area (Å²) in [7, 11) is 0. The molecule has 1 heterocycles. The van der Waals surface area contributed by atoms with E-state index in [9.17, 15) is 14.4 Å². The Bertz CT molecular complexity index is 828. The lowest BCUT2D eigenvalue weighted by molar-refractivity contribution is -0.137. The van der Waals surface area contributed by atoms with Crippen molar-refractivity contribution in [3.8, 4) is 11.1 Å². The number of hydrogen-bond acceptors (Lipinski definition) is 4. The molecule has 5 nitrogen and oxygen atoms in total. The maximum Gasteiger partial charge on any atom is 0.424 e. The number of ether oxygens (including phenoxy) is 1. The molecule has 24 heavy (non-hydrogen) atoms. The summed E-state index contributed by atoms with van der Waals surface area (Å²) in [6.07, 6.45) is -1.46. The molecule has 2 aliphatic rings. The zero-order chi connectivity index (χ0) is 16.8. The van der Waals surface area contributed by atoms with Gasteiger partial charge >= 0.3 is 6.09 Å². The molecule has 0 spiro atoms. The number of amides is 3. The fourth-order valence-electron chi connectivity index (χ4n) is 3.37. The number of carbonyl (C=O) groups excluding carboxylic acids is 3. The topological polar surface area (TPSA) is 63.7 Å². The molecule has 0 N–H and O–H groups in total. The zero-order valence-corrected chi connectivity index (χ0v) is 13.1. The average molecular weight is 321 g/mol. The third kappa shape index (κ3) is 2.05. The molecule has 0 radical (unpaired) electrons. The van der Waals surface area contributed by atoms with Crippen LogP contribution in [-0.4, -0.2) is 22.8 Å². The lowest BCUT2D eigenvalue weighted by Gasteiger charge is -2.18. The SMILES string of the molecule is CC1CC(=O)N(C(=O)OC2c3ccccc3-c3ccccc32)C1=O. The standard InChI is InChI=1S/C19H15NO4/c1-11-10-16(21)20(18(11)22)19(23)24-17-14-8-4-2-6-12(14)13-7-3-5-9-15(13)17/h2-9,11,17H,10H2,1H3. The van der Waals surface area contributed by atoms with E-state index in [0.29, 0.717) is 4.90 Å². The molecule has 120 valence electrons. The van der Waals surface area contributed by atoms with Gasteiger partial charge in [0.15, 0.2) is 6.10 Å². The van der Waals surface area contributed by atoms with Gasteiger partial charge in [0.1, 0.15) is 0 Å². The maximum absolute atomic E-state index is 12.4. The highest BCUT2D eigenvalue weighted by Crippen LogP contribution is 2.45. The van der Waals surface area contributed by atoms with Crippen molar-refractivity contribution in [2.45, 2.75) is 19.4 Å². The number of rotatable bonds is 1. The van der Waals surface area contributed by atoms with Gasteiger partial charge in [-0.1, -0.05) is 55.5 Å². The van der Waals surface area contributed by atoms with E-state index in [1.54, 1.807) is 6.92 Å². The Balaban J connectivity index is 1.69. The van der Waals surface area contributed by atoms with E-state index in [1.165, 1.54) is 0 Å². The Labute approximate surface area is 138 Å². The highest BCUT2D eigenvalue weighted by Gasteiger charge is 2.43. The number of hydrogen-bond donors (Lipinski definition) is 0. The summed E-state index contributed by atoms with van der Waals surface area (Å²) >= 11 is 0. The summed E-state index contributed by atoms with van der Waals surface area (Å²) in [4.78, 5) is 37.0. The molecule has 3 amide bonds. The van der Waals surface area contributed by atoms with Crippen LogP contribution in [0, 0.1) is 5.92 Å². The van der Waals surface area contributed by atoms with Gasteiger partial charge in [0, 0.05) is 23.5 Å². The summed E-state index contributed by atoms with van der Waals surface area (Å²) in [6.45, 7) is 1.63. The molecule has 1 atom stereocenters. The van der Waals surface area contributed by atoms with E-state index >= 15 is 0 Å². The van der Waals surface area contributed by atoms with Gasteiger partial charge in [-0.3, -0.25) is 9.59 Å². The zero-order valence-electron chi connectivity index (χ0n) is 13.1. The van der Waals surface area contributed by atoms with Crippen LogP contribution in [0.1, 0.15) is 30.6 Å². The van der Waals surface area contributed by atoms with Crippen molar-refractivity contribution in [2.75, 3.05) is 0 Å². The van der Waals surface area contributed by atoms with Crippen molar-refractivity contribution in [3.63, 3.8) is 0 Å². The van der Waals surface area contributed by atoms with E-state index in [2.05, 4.69) is 0 Å². The fourth-order valence-corrected chi connectivity index (χ4v) is 3.37. The first-order valence-electron chi connectivity index (χ1n) is 7.83.